The summed E-state index contributed by atoms with van der Waals surface area (Å²) in [5.41, 5.74) is 3.13. The van der Waals surface area contributed by atoms with E-state index in [1.165, 1.54) is 0 Å². The van der Waals surface area contributed by atoms with E-state index >= 15 is 0 Å². The molecule has 1 aliphatic heterocycles. The molecule has 2 aromatic heterocycles. The third-order valence-corrected chi connectivity index (χ3v) is 5.29. The van der Waals surface area contributed by atoms with E-state index in [4.69, 9.17) is 11.6 Å². The fourth-order valence-corrected chi connectivity index (χ4v) is 3.62. The van der Waals surface area contributed by atoms with Gasteiger partial charge in [0.25, 0.3) is 5.91 Å². The lowest BCUT2D eigenvalue weighted by Gasteiger charge is -2.36. The van der Waals surface area contributed by atoms with Crippen LogP contribution in [0.25, 0.3) is 5.65 Å². The van der Waals surface area contributed by atoms with Gasteiger partial charge < -0.3 is 19.5 Å². The van der Waals surface area contributed by atoms with Crippen LogP contribution >= 0.6 is 11.6 Å². The Morgan fingerprint density at radius 2 is 1.93 bits per heavy atom. The number of pyridine rings is 1. The Morgan fingerprint density at radius 3 is 2.69 bits per heavy atom. The first-order valence-corrected chi connectivity index (χ1v) is 9.89. The van der Waals surface area contributed by atoms with Crippen molar-refractivity contribution in [2.75, 3.05) is 37.6 Å². The number of aromatic nitrogens is 2. The molecule has 1 aliphatic rings. The smallest absolute Gasteiger partial charge is 0.271 e. The molecule has 29 heavy (non-hydrogen) atoms. The molecule has 8 heteroatoms. The summed E-state index contributed by atoms with van der Waals surface area (Å²) in [6.07, 6.45) is 3.53. The average molecular weight is 412 g/mol. The van der Waals surface area contributed by atoms with Gasteiger partial charge in [0.15, 0.2) is 0 Å². The maximum Gasteiger partial charge on any atom is 0.271 e. The molecule has 0 bridgehead atoms. The molecule has 3 heterocycles. The van der Waals surface area contributed by atoms with E-state index in [0.29, 0.717) is 29.5 Å². The normalized spacial score (nSPS) is 14.3. The number of hydrogen-bond donors (Lipinski definition) is 1. The zero-order chi connectivity index (χ0) is 20.4. The number of piperazine rings is 1. The number of carbonyl (C=O) groups is 2. The van der Waals surface area contributed by atoms with Crippen molar-refractivity contribution in [3.05, 3.63) is 65.1 Å². The number of aryl methyl sites for hydroxylation is 1. The number of hydrogen-bond acceptors (Lipinski definition) is 4. The number of nitrogens with zero attached hydrogens (tertiary/aromatic N) is 4. The minimum absolute atomic E-state index is 0.0388. The Morgan fingerprint density at radius 1 is 1.14 bits per heavy atom. The van der Waals surface area contributed by atoms with Gasteiger partial charge >= 0.3 is 0 Å². The third-order valence-electron chi connectivity index (χ3n) is 5.05. The summed E-state index contributed by atoms with van der Waals surface area (Å²) < 4.78 is 1.79. The number of imidazole rings is 1. The van der Waals surface area contributed by atoms with Gasteiger partial charge in [-0.25, -0.2) is 4.98 Å². The van der Waals surface area contributed by atoms with Crippen LogP contribution in [0, 0.1) is 6.92 Å². The Kier molecular flexibility index (Phi) is 5.40. The zero-order valence-electron chi connectivity index (χ0n) is 16.1. The number of carbonyl (C=O) groups excluding carboxylic acids is 2. The predicted molar refractivity (Wildman–Crippen MR) is 113 cm³/mol. The molecule has 2 amide bonds. The summed E-state index contributed by atoms with van der Waals surface area (Å²) in [5, 5.41) is 3.38. The van der Waals surface area contributed by atoms with E-state index < -0.39 is 0 Å². The quantitative estimate of drug-likeness (QED) is 0.715. The molecule has 0 aliphatic carbocycles. The SMILES string of the molecule is Cc1ccn2cc(C(=O)NCC(=O)N3CCN(c4cccc(Cl)c4)CC3)nc2c1. The molecule has 0 unspecified atom stereocenters. The van der Waals surface area contributed by atoms with Gasteiger partial charge in [0, 0.05) is 49.3 Å². The molecular weight excluding hydrogens is 390 g/mol. The Balaban J connectivity index is 1.30. The fourth-order valence-electron chi connectivity index (χ4n) is 3.44. The number of fused-ring (bicyclic) bond motifs is 1. The number of anilines is 1. The third kappa shape index (κ3) is 4.35. The van der Waals surface area contributed by atoms with Crippen LogP contribution in [0.15, 0.2) is 48.8 Å². The van der Waals surface area contributed by atoms with Crippen LogP contribution < -0.4 is 10.2 Å². The van der Waals surface area contributed by atoms with Crippen molar-refractivity contribution in [2.45, 2.75) is 6.92 Å². The molecule has 1 fully saturated rings. The van der Waals surface area contributed by atoms with E-state index in [2.05, 4.69) is 15.2 Å². The Bertz CT molecular complexity index is 1060. The molecule has 1 saturated heterocycles. The van der Waals surface area contributed by atoms with Gasteiger partial charge in [0.2, 0.25) is 5.91 Å². The van der Waals surface area contributed by atoms with Gasteiger partial charge in [-0.3, -0.25) is 9.59 Å². The van der Waals surface area contributed by atoms with E-state index in [0.717, 1.165) is 24.3 Å². The van der Waals surface area contributed by atoms with Gasteiger partial charge in [0.05, 0.1) is 6.54 Å². The fraction of sp³-hybridized carbons (Fsp3) is 0.286. The first kappa shape index (κ1) is 19.3. The highest BCUT2D eigenvalue weighted by Crippen LogP contribution is 2.20. The number of halogens is 1. The Hall–Kier alpha value is -3.06. The van der Waals surface area contributed by atoms with Crippen molar-refractivity contribution in [1.82, 2.24) is 19.6 Å². The van der Waals surface area contributed by atoms with Crippen LogP contribution in [-0.4, -0.2) is 58.8 Å². The molecule has 4 rings (SSSR count). The van der Waals surface area contributed by atoms with Crippen LogP contribution in [0.5, 0.6) is 0 Å². The summed E-state index contributed by atoms with van der Waals surface area (Å²) in [4.78, 5) is 33.2. The molecule has 3 aromatic rings. The highest BCUT2D eigenvalue weighted by molar-refractivity contribution is 6.30. The van der Waals surface area contributed by atoms with Crippen LogP contribution in [0.4, 0.5) is 5.69 Å². The minimum atomic E-state index is -0.350. The van der Waals surface area contributed by atoms with Crippen molar-refractivity contribution < 1.29 is 9.59 Å². The lowest BCUT2D eigenvalue weighted by Crippen LogP contribution is -2.51. The predicted octanol–water partition coefficient (Wildman–Crippen LogP) is 2.37. The molecule has 0 saturated carbocycles. The zero-order valence-corrected chi connectivity index (χ0v) is 16.9. The standard InChI is InChI=1S/C21H22ClN5O2/c1-15-5-6-27-14-18(24-19(27)11-15)21(29)23-13-20(28)26-9-7-25(8-10-26)17-4-2-3-16(22)12-17/h2-6,11-12,14H,7-10,13H2,1H3,(H,23,29). The molecular formula is C21H22ClN5O2. The minimum Gasteiger partial charge on any atom is -0.368 e. The van der Waals surface area contributed by atoms with Gasteiger partial charge in [-0.1, -0.05) is 17.7 Å². The highest BCUT2D eigenvalue weighted by atomic mass is 35.5. The first-order chi connectivity index (χ1) is 14.0. The van der Waals surface area contributed by atoms with Gasteiger partial charge in [0.1, 0.15) is 11.3 Å². The van der Waals surface area contributed by atoms with Crippen molar-refractivity contribution in [3.63, 3.8) is 0 Å². The monoisotopic (exact) mass is 411 g/mol. The van der Waals surface area contributed by atoms with Crippen molar-refractivity contribution in [1.29, 1.82) is 0 Å². The maximum atomic E-state index is 12.5. The van der Waals surface area contributed by atoms with Crippen LogP contribution in [-0.2, 0) is 4.79 Å². The second-order valence-electron chi connectivity index (χ2n) is 7.13. The Labute approximate surface area is 173 Å². The topological polar surface area (TPSA) is 70.0 Å². The van der Waals surface area contributed by atoms with Gasteiger partial charge in [-0.05, 0) is 42.8 Å². The number of rotatable bonds is 4. The lowest BCUT2D eigenvalue weighted by molar-refractivity contribution is -0.130. The highest BCUT2D eigenvalue weighted by Gasteiger charge is 2.22. The lowest BCUT2D eigenvalue weighted by atomic mass is 10.2. The van der Waals surface area contributed by atoms with Gasteiger partial charge in [-0.15, -0.1) is 0 Å². The van der Waals surface area contributed by atoms with Crippen LogP contribution in [0.2, 0.25) is 5.02 Å². The van der Waals surface area contributed by atoms with Crippen molar-refractivity contribution in [3.8, 4) is 0 Å². The number of amides is 2. The number of benzene rings is 1. The summed E-state index contributed by atoms with van der Waals surface area (Å²) in [5.74, 6) is -0.444. The summed E-state index contributed by atoms with van der Waals surface area (Å²) in [6, 6.07) is 11.6. The average Bonchev–Trinajstić information content (AvgIpc) is 3.15. The second kappa shape index (κ2) is 8.13. The molecule has 7 nitrogen and oxygen atoms in total. The van der Waals surface area contributed by atoms with Crippen molar-refractivity contribution in [2.24, 2.45) is 0 Å². The molecule has 0 spiro atoms. The molecule has 1 aromatic carbocycles. The largest absolute Gasteiger partial charge is 0.368 e. The molecule has 150 valence electrons. The van der Waals surface area contributed by atoms with E-state index in [1.807, 2.05) is 49.5 Å². The van der Waals surface area contributed by atoms with Crippen molar-refractivity contribution >= 4 is 34.7 Å². The maximum absolute atomic E-state index is 12.5. The molecule has 0 atom stereocenters. The summed E-state index contributed by atoms with van der Waals surface area (Å²) in [7, 11) is 0. The van der Waals surface area contributed by atoms with Crippen LogP contribution in [0.1, 0.15) is 16.1 Å². The van der Waals surface area contributed by atoms with Gasteiger partial charge in [-0.2, -0.15) is 0 Å². The number of nitrogens with one attached hydrogen (secondary N) is 1. The second-order valence-corrected chi connectivity index (χ2v) is 7.56. The summed E-state index contributed by atoms with van der Waals surface area (Å²) in [6.45, 7) is 4.60. The summed E-state index contributed by atoms with van der Waals surface area (Å²) >= 11 is 6.06. The molecule has 1 N–H and O–H groups in total. The van der Waals surface area contributed by atoms with E-state index in [9.17, 15) is 9.59 Å². The van der Waals surface area contributed by atoms with E-state index in [-0.39, 0.29) is 18.4 Å². The molecule has 0 radical (unpaired) electrons. The first-order valence-electron chi connectivity index (χ1n) is 9.51. The van der Waals surface area contributed by atoms with E-state index in [1.54, 1.807) is 15.5 Å². The van der Waals surface area contributed by atoms with Crippen LogP contribution in [0.3, 0.4) is 0 Å².